The summed E-state index contributed by atoms with van der Waals surface area (Å²) in [5.41, 5.74) is -0.497. The van der Waals surface area contributed by atoms with Gasteiger partial charge in [0.15, 0.2) is 5.56 Å². The molecule has 0 unspecified atom stereocenters. The summed E-state index contributed by atoms with van der Waals surface area (Å²) in [5.74, 6) is -0.466. The minimum absolute atomic E-state index is 0.0931. The van der Waals surface area contributed by atoms with Gasteiger partial charge in [0.05, 0.1) is 11.5 Å². The van der Waals surface area contributed by atoms with E-state index in [4.69, 9.17) is 4.74 Å². The van der Waals surface area contributed by atoms with Gasteiger partial charge < -0.3 is 4.74 Å². The number of nitrogens with one attached hydrogen (secondary N) is 2. The summed E-state index contributed by atoms with van der Waals surface area (Å²) in [5, 5.41) is 19.4. The van der Waals surface area contributed by atoms with Gasteiger partial charge in [-0.1, -0.05) is 6.07 Å². The summed E-state index contributed by atoms with van der Waals surface area (Å²) >= 11 is 0. The molecular weight excluding hydrogens is 266 g/mol. The smallest absolute Gasteiger partial charge is 0.285 e. The van der Waals surface area contributed by atoms with Crippen LogP contribution in [-0.2, 0) is 0 Å². The normalized spacial score (nSPS) is 10.1. The molecule has 1 amide bonds. The molecule has 1 aromatic heterocycles. The highest BCUT2D eigenvalue weighted by atomic mass is 16.6. The molecule has 0 fully saturated rings. The van der Waals surface area contributed by atoms with Gasteiger partial charge in [-0.05, 0) is 13.0 Å². The van der Waals surface area contributed by atoms with Gasteiger partial charge >= 0.3 is 0 Å². The number of nitro groups is 1. The topological polar surface area (TPSA) is 123 Å². The molecule has 0 spiro atoms. The van der Waals surface area contributed by atoms with Gasteiger partial charge in [0.2, 0.25) is 5.95 Å². The van der Waals surface area contributed by atoms with Crippen LogP contribution >= 0.6 is 0 Å². The van der Waals surface area contributed by atoms with Crippen LogP contribution in [0.15, 0.2) is 24.5 Å². The number of aromatic nitrogens is 3. The first-order chi connectivity index (χ1) is 9.63. The first-order valence-corrected chi connectivity index (χ1v) is 5.70. The molecule has 0 aliphatic rings. The molecule has 20 heavy (non-hydrogen) atoms. The second-order valence-corrected chi connectivity index (χ2v) is 3.63. The molecule has 0 aliphatic heterocycles. The second kappa shape index (κ2) is 5.78. The highest BCUT2D eigenvalue weighted by Gasteiger charge is 2.25. The van der Waals surface area contributed by atoms with E-state index in [0.29, 0.717) is 0 Å². The molecule has 0 atom stereocenters. The number of carbonyl (C=O) groups is 1. The van der Waals surface area contributed by atoms with Crippen LogP contribution in [0.2, 0.25) is 0 Å². The number of ether oxygens (including phenoxy) is 1. The molecule has 1 heterocycles. The Morgan fingerprint density at radius 3 is 2.95 bits per heavy atom. The van der Waals surface area contributed by atoms with Crippen LogP contribution in [0, 0.1) is 10.1 Å². The van der Waals surface area contributed by atoms with E-state index in [-0.39, 0.29) is 29.6 Å². The van der Waals surface area contributed by atoms with E-state index in [1.165, 1.54) is 24.5 Å². The van der Waals surface area contributed by atoms with Crippen LogP contribution in [0.5, 0.6) is 5.75 Å². The zero-order chi connectivity index (χ0) is 14.5. The van der Waals surface area contributed by atoms with E-state index < -0.39 is 10.8 Å². The van der Waals surface area contributed by atoms with Crippen molar-refractivity contribution in [2.24, 2.45) is 0 Å². The first kappa shape index (κ1) is 13.5. The standard InChI is InChI=1S/C11H11N5O4/c1-2-20-8-5-3-4-7(16(18)19)9(8)10(17)14-11-12-6-13-15-11/h3-6H,2H2,1H3,(H2,12,13,14,15,17). The summed E-state index contributed by atoms with van der Waals surface area (Å²) in [4.78, 5) is 26.3. The number of carbonyl (C=O) groups excluding carboxylic acids is 1. The highest BCUT2D eigenvalue weighted by Crippen LogP contribution is 2.28. The first-order valence-electron chi connectivity index (χ1n) is 5.70. The number of anilines is 1. The lowest BCUT2D eigenvalue weighted by Gasteiger charge is -2.09. The molecular formula is C11H11N5O4. The highest BCUT2D eigenvalue weighted by molar-refractivity contribution is 6.08. The molecule has 104 valence electrons. The largest absolute Gasteiger partial charge is 0.493 e. The fourth-order valence-corrected chi connectivity index (χ4v) is 1.61. The van der Waals surface area contributed by atoms with Crippen molar-refractivity contribution in [3.05, 3.63) is 40.2 Å². The van der Waals surface area contributed by atoms with Crippen molar-refractivity contribution in [2.75, 3.05) is 11.9 Å². The van der Waals surface area contributed by atoms with E-state index in [9.17, 15) is 14.9 Å². The number of nitro benzene ring substituents is 1. The number of aromatic amines is 1. The third-order valence-corrected chi connectivity index (χ3v) is 2.37. The van der Waals surface area contributed by atoms with Crippen LogP contribution in [0.1, 0.15) is 17.3 Å². The molecule has 0 radical (unpaired) electrons. The average molecular weight is 277 g/mol. The molecule has 0 bridgehead atoms. The molecule has 2 rings (SSSR count). The third kappa shape index (κ3) is 2.71. The predicted octanol–water partition coefficient (Wildman–Crippen LogP) is 1.36. The van der Waals surface area contributed by atoms with Gasteiger partial charge in [-0.15, -0.1) is 0 Å². The lowest BCUT2D eigenvalue weighted by molar-refractivity contribution is -0.385. The summed E-state index contributed by atoms with van der Waals surface area (Å²) in [6, 6.07) is 4.18. The molecule has 2 N–H and O–H groups in total. The van der Waals surface area contributed by atoms with Crippen molar-refractivity contribution in [2.45, 2.75) is 6.92 Å². The van der Waals surface area contributed by atoms with E-state index in [1.807, 2.05) is 0 Å². The summed E-state index contributed by atoms with van der Waals surface area (Å²) in [6.07, 6.45) is 1.21. The van der Waals surface area contributed by atoms with Crippen molar-refractivity contribution in [3.8, 4) is 5.75 Å². The number of nitrogens with zero attached hydrogens (tertiary/aromatic N) is 3. The number of hydrogen-bond acceptors (Lipinski definition) is 6. The van der Waals surface area contributed by atoms with E-state index >= 15 is 0 Å². The zero-order valence-corrected chi connectivity index (χ0v) is 10.5. The fourth-order valence-electron chi connectivity index (χ4n) is 1.61. The number of amides is 1. The molecule has 0 aliphatic carbocycles. The maximum absolute atomic E-state index is 12.1. The van der Waals surface area contributed by atoms with Crippen LogP contribution in [0.25, 0.3) is 0 Å². The van der Waals surface area contributed by atoms with Gasteiger partial charge in [0, 0.05) is 6.07 Å². The van der Waals surface area contributed by atoms with Crippen molar-refractivity contribution in [3.63, 3.8) is 0 Å². The average Bonchev–Trinajstić information content (AvgIpc) is 2.91. The second-order valence-electron chi connectivity index (χ2n) is 3.63. The lowest BCUT2D eigenvalue weighted by atomic mass is 10.1. The minimum Gasteiger partial charge on any atom is -0.493 e. The Hall–Kier alpha value is -2.97. The molecule has 9 nitrogen and oxygen atoms in total. The van der Waals surface area contributed by atoms with Crippen molar-refractivity contribution in [1.82, 2.24) is 15.2 Å². The van der Waals surface area contributed by atoms with Crippen molar-refractivity contribution in [1.29, 1.82) is 0 Å². The van der Waals surface area contributed by atoms with Crippen molar-refractivity contribution >= 4 is 17.5 Å². The van der Waals surface area contributed by atoms with Crippen LogP contribution < -0.4 is 10.1 Å². The molecule has 0 saturated heterocycles. The van der Waals surface area contributed by atoms with E-state index in [1.54, 1.807) is 6.92 Å². The van der Waals surface area contributed by atoms with Gasteiger partial charge in [-0.25, -0.2) is 5.10 Å². The summed E-state index contributed by atoms with van der Waals surface area (Å²) in [6.45, 7) is 2.00. The van der Waals surface area contributed by atoms with Gasteiger partial charge in [-0.3, -0.25) is 20.2 Å². The van der Waals surface area contributed by atoms with E-state index in [2.05, 4.69) is 20.5 Å². The Bertz CT molecular complexity index is 626. The monoisotopic (exact) mass is 277 g/mol. The third-order valence-electron chi connectivity index (χ3n) is 2.37. The van der Waals surface area contributed by atoms with Crippen LogP contribution in [0.3, 0.4) is 0 Å². The number of rotatable bonds is 5. The zero-order valence-electron chi connectivity index (χ0n) is 10.5. The summed E-state index contributed by atoms with van der Waals surface area (Å²) in [7, 11) is 0. The fraction of sp³-hybridized carbons (Fsp3) is 0.182. The van der Waals surface area contributed by atoms with Gasteiger partial charge in [0.1, 0.15) is 12.1 Å². The number of benzene rings is 1. The quantitative estimate of drug-likeness (QED) is 0.628. The predicted molar refractivity (Wildman–Crippen MR) is 68.6 cm³/mol. The van der Waals surface area contributed by atoms with Crippen LogP contribution in [0.4, 0.5) is 11.6 Å². The number of H-pyrrole nitrogens is 1. The Balaban J connectivity index is 2.41. The van der Waals surface area contributed by atoms with Gasteiger partial charge in [0.25, 0.3) is 11.6 Å². The van der Waals surface area contributed by atoms with Crippen LogP contribution in [-0.4, -0.2) is 32.6 Å². The number of hydrogen-bond donors (Lipinski definition) is 2. The Kier molecular flexibility index (Phi) is 3.89. The van der Waals surface area contributed by atoms with Crippen molar-refractivity contribution < 1.29 is 14.5 Å². The Morgan fingerprint density at radius 2 is 2.35 bits per heavy atom. The minimum atomic E-state index is -0.697. The molecule has 0 saturated carbocycles. The molecule has 1 aromatic carbocycles. The SMILES string of the molecule is CCOc1cccc([N+](=O)[O-])c1C(=O)Nc1ncn[nH]1. The lowest BCUT2D eigenvalue weighted by Crippen LogP contribution is -2.16. The van der Waals surface area contributed by atoms with Gasteiger partial charge in [-0.2, -0.15) is 10.1 Å². The summed E-state index contributed by atoms with van der Waals surface area (Å²) < 4.78 is 5.26. The molecule has 2 aromatic rings. The Morgan fingerprint density at radius 1 is 1.55 bits per heavy atom. The van der Waals surface area contributed by atoms with E-state index in [0.717, 1.165) is 0 Å². The molecule has 9 heteroatoms. The Labute approximate surface area is 113 Å². The maximum Gasteiger partial charge on any atom is 0.285 e. The maximum atomic E-state index is 12.1.